The average Bonchev–Trinajstić information content (AvgIpc) is 3.24. The van der Waals surface area contributed by atoms with Crippen LogP contribution in [-0.4, -0.2) is 34.7 Å². The Morgan fingerprint density at radius 1 is 1.21 bits per heavy atom. The minimum absolute atomic E-state index is 0.228. The molecule has 0 unspecified atom stereocenters. The molecule has 9 heteroatoms. The van der Waals surface area contributed by atoms with E-state index in [4.69, 9.17) is 0 Å². The molecule has 1 atom stereocenters. The minimum atomic E-state index is -4.94. The van der Waals surface area contributed by atoms with E-state index in [0.717, 1.165) is 11.0 Å². The highest BCUT2D eigenvalue weighted by Crippen LogP contribution is 2.35. The van der Waals surface area contributed by atoms with E-state index >= 15 is 0 Å². The van der Waals surface area contributed by atoms with E-state index in [9.17, 15) is 31.9 Å². The van der Waals surface area contributed by atoms with E-state index in [2.05, 4.69) is 5.32 Å². The van der Waals surface area contributed by atoms with Gasteiger partial charge in [-0.3, -0.25) is 19.7 Å². The van der Waals surface area contributed by atoms with Crippen molar-refractivity contribution in [1.29, 1.82) is 0 Å². The molecular formula is C15H12F4N2O3. The first-order valence-electron chi connectivity index (χ1n) is 7.21. The van der Waals surface area contributed by atoms with Gasteiger partial charge < -0.3 is 4.90 Å². The number of hydrogen-bond acceptors (Lipinski definition) is 3. The lowest BCUT2D eigenvalue weighted by Gasteiger charge is -2.27. The van der Waals surface area contributed by atoms with Gasteiger partial charge in [-0.05, 0) is 31.0 Å². The number of hydrogen-bond donors (Lipinski definition) is 1. The highest BCUT2D eigenvalue weighted by molar-refractivity contribution is 6.08. The predicted molar refractivity (Wildman–Crippen MR) is 72.1 cm³/mol. The summed E-state index contributed by atoms with van der Waals surface area (Å²) < 4.78 is 51.8. The largest absolute Gasteiger partial charge is 0.419 e. The van der Waals surface area contributed by atoms with E-state index in [1.807, 2.05) is 0 Å². The standard InChI is InChI=1S/C15H12F4N2O3/c16-10-4-1-7(5-9(10)15(17,18)19)14(24)21(8-2-3-8)11-6-12(22)20-13(11)23/h1,4-5,8,11H,2-3,6H2,(H,20,22,23)/t11-/m1/s1. The molecule has 2 aliphatic rings. The number of rotatable bonds is 3. The SMILES string of the molecule is O=C1C[C@@H](N(C(=O)c2ccc(F)c(C(F)(F)F)c2)C2CC2)C(=O)N1. The van der Waals surface area contributed by atoms with Gasteiger partial charge in [0.15, 0.2) is 0 Å². The van der Waals surface area contributed by atoms with Crippen LogP contribution < -0.4 is 5.32 Å². The van der Waals surface area contributed by atoms with Crippen LogP contribution in [-0.2, 0) is 15.8 Å². The van der Waals surface area contributed by atoms with E-state index in [-0.39, 0.29) is 18.0 Å². The average molecular weight is 344 g/mol. The number of amides is 3. The molecule has 0 radical (unpaired) electrons. The van der Waals surface area contributed by atoms with Crippen molar-refractivity contribution in [3.8, 4) is 0 Å². The number of benzene rings is 1. The Labute approximate surface area is 133 Å². The topological polar surface area (TPSA) is 66.5 Å². The molecule has 3 amide bonds. The monoisotopic (exact) mass is 344 g/mol. The number of alkyl halides is 3. The zero-order valence-electron chi connectivity index (χ0n) is 12.2. The summed E-state index contributed by atoms with van der Waals surface area (Å²) in [5.74, 6) is -3.50. The van der Waals surface area contributed by atoms with Crippen molar-refractivity contribution >= 4 is 17.7 Å². The Bertz CT molecular complexity index is 728. The van der Waals surface area contributed by atoms with Crippen LogP contribution in [0.25, 0.3) is 0 Å². The van der Waals surface area contributed by atoms with Crippen LogP contribution in [0.2, 0.25) is 0 Å². The second-order valence-electron chi connectivity index (χ2n) is 5.77. The first-order chi connectivity index (χ1) is 11.2. The van der Waals surface area contributed by atoms with Gasteiger partial charge in [-0.1, -0.05) is 0 Å². The predicted octanol–water partition coefficient (Wildman–Crippen LogP) is 1.86. The van der Waals surface area contributed by atoms with Gasteiger partial charge >= 0.3 is 6.18 Å². The molecule has 2 fully saturated rings. The summed E-state index contributed by atoms with van der Waals surface area (Å²) in [5.41, 5.74) is -1.92. The fourth-order valence-corrected chi connectivity index (χ4v) is 2.70. The van der Waals surface area contributed by atoms with Crippen LogP contribution >= 0.6 is 0 Å². The lowest BCUT2D eigenvalue weighted by molar-refractivity contribution is -0.140. The van der Waals surface area contributed by atoms with Crippen LogP contribution in [0.4, 0.5) is 17.6 Å². The number of carbonyl (C=O) groups is 3. The molecule has 1 aliphatic carbocycles. The fraction of sp³-hybridized carbons (Fsp3) is 0.400. The van der Waals surface area contributed by atoms with E-state index in [1.54, 1.807) is 0 Å². The normalized spacial score (nSPS) is 20.9. The highest BCUT2D eigenvalue weighted by atomic mass is 19.4. The zero-order chi connectivity index (χ0) is 17.6. The maximum atomic E-state index is 13.4. The summed E-state index contributed by atoms with van der Waals surface area (Å²) in [6, 6.07) is 0.593. The molecule has 1 aromatic carbocycles. The van der Waals surface area contributed by atoms with Crippen LogP contribution in [0.3, 0.4) is 0 Å². The van der Waals surface area contributed by atoms with Crippen molar-refractivity contribution in [2.45, 2.75) is 37.5 Å². The molecule has 5 nitrogen and oxygen atoms in total. The smallest absolute Gasteiger partial charge is 0.323 e. The Balaban J connectivity index is 1.94. The summed E-state index contributed by atoms with van der Waals surface area (Å²) in [7, 11) is 0. The molecule has 1 N–H and O–H groups in total. The number of nitrogens with zero attached hydrogens (tertiary/aromatic N) is 1. The van der Waals surface area contributed by atoms with Crippen molar-refractivity contribution in [1.82, 2.24) is 10.2 Å². The Kier molecular flexibility index (Phi) is 3.81. The summed E-state index contributed by atoms with van der Waals surface area (Å²) in [6.45, 7) is 0. The maximum absolute atomic E-state index is 13.4. The quantitative estimate of drug-likeness (QED) is 0.672. The molecule has 0 bridgehead atoms. The lowest BCUT2D eigenvalue weighted by atomic mass is 10.1. The second-order valence-corrected chi connectivity index (χ2v) is 5.77. The van der Waals surface area contributed by atoms with Crippen molar-refractivity contribution in [2.75, 3.05) is 0 Å². The molecule has 0 aromatic heterocycles. The van der Waals surface area contributed by atoms with Crippen LogP contribution in [0.5, 0.6) is 0 Å². The van der Waals surface area contributed by atoms with Crippen molar-refractivity contribution in [2.24, 2.45) is 0 Å². The molecule has 1 aliphatic heterocycles. The van der Waals surface area contributed by atoms with Gasteiger partial charge in [0.1, 0.15) is 11.9 Å². The van der Waals surface area contributed by atoms with E-state index in [1.165, 1.54) is 0 Å². The lowest BCUT2D eigenvalue weighted by Crippen LogP contribution is -2.46. The first-order valence-corrected chi connectivity index (χ1v) is 7.21. The van der Waals surface area contributed by atoms with Crippen molar-refractivity contribution < 1.29 is 31.9 Å². The van der Waals surface area contributed by atoms with Gasteiger partial charge in [0.2, 0.25) is 11.8 Å². The summed E-state index contributed by atoms with van der Waals surface area (Å²) in [5, 5.41) is 2.07. The van der Waals surface area contributed by atoms with Gasteiger partial charge in [0.05, 0.1) is 12.0 Å². The molecule has 1 saturated carbocycles. The molecule has 1 saturated heterocycles. The molecule has 1 aromatic rings. The Morgan fingerprint density at radius 3 is 2.38 bits per heavy atom. The van der Waals surface area contributed by atoms with Crippen LogP contribution in [0.1, 0.15) is 35.2 Å². The zero-order valence-corrected chi connectivity index (χ0v) is 12.2. The van der Waals surface area contributed by atoms with Crippen molar-refractivity contribution in [3.63, 3.8) is 0 Å². The molecule has 1 heterocycles. The van der Waals surface area contributed by atoms with Crippen LogP contribution in [0.15, 0.2) is 18.2 Å². The Morgan fingerprint density at radius 2 is 1.88 bits per heavy atom. The van der Waals surface area contributed by atoms with E-state index < -0.39 is 41.3 Å². The third kappa shape index (κ3) is 2.98. The van der Waals surface area contributed by atoms with Gasteiger partial charge in [-0.25, -0.2) is 4.39 Å². The number of halogens is 4. The minimum Gasteiger partial charge on any atom is -0.323 e. The maximum Gasteiger partial charge on any atom is 0.419 e. The van der Waals surface area contributed by atoms with Gasteiger partial charge in [-0.2, -0.15) is 13.2 Å². The van der Waals surface area contributed by atoms with Crippen molar-refractivity contribution in [3.05, 3.63) is 35.1 Å². The molecular weight excluding hydrogens is 332 g/mol. The molecule has 128 valence electrons. The third-order valence-corrected chi connectivity index (χ3v) is 3.97. The summed E-state index contributed by atoms with van der Waals surface area (Å²) >= 11 is 0. The molecule has 3 rings (SSSR count). The summed E-state index contributed by atoms with van der Waals surface area (Å²) in [4.78, 5) is 36.9. The van der Waals surface area contributed by atoms with E-state index in [0.29, 0.717) is 25.0 Å². The van der Waals surface area contributed by atoms with Gasteiger partial charge in [0.25, 0.3) is 5.91 Å². The number of nitrogens with one attached hydrogen (secondary N) is 1. The first kappa shape index (κ1) is 16.4. The van der Waals surface area contributed by atoms with Gasteiger partial charge in [0, 0.05) is 11.6 Å². The Hall–Kier alpha value is -2.45. The highest BCUT2D eigenvalue weighted by Gasteiger charge is 2.45. The number of carbonyl (C=O) groups excluding carboxylic acids is 3. The summed E-state index contributed by atoms with van der Waals surface area (Å²) in [6.07, 6.45) is -3.98. The molecule has 24 heavy (non-hydrogen) atoms. The van der Waals surface area contributed by atoms with Crippen LogP contribution in [0, 0.1) is 5.82 Å². The van der Waals surface area contributed by atoms with Gasteiger partial charge in [-0.15, -0.1) is 0 Å². The number of imide groups is 1. The second kappa shape index (κ2) is 5.57. The fourth-order valence-electron chi connectivity index (χ4n) is 2.70. The molecule has 0 spiro atoms. The third-order valence-electron chi connectivity index (χ3n) is 3.97.